The molecular weight excluding hydrogens is 342 g/mol. The Morgan fingerprint density at radius 3 is 2.78 bits per heavy atom. The van der Waals surface area contributed by atoms with Crippen molar-refractivity contribution in [3.63, 3.8) is 0 Å². The zero-order valence-electron chi connectivity index (χ0n) is 15.2. The quantitative estimate of drug-likeness (QED) is 0.595. The van der Waals surface area contributed by atoms with Crippen LogP contribution in [0.5, 0.6) is 0 Å². The zero-order chi connectivity index (χ0) is 19.1. The number of unbranched alkanes of at least 4 members (excludes halogenated alkanes) is 2. The van der Waals surface area contributed by atoms with Gasteiger partial charge in [-0.05, 0) is 48.9 Å². The Kier molecular flexibility index (Phi) is 6.18. The largest absolute Gasteiger partial charge is 0.436 e. The predicted octanol–water partition coefficient (Wildman–Crippen LogP) is 4.51. The van der Waals surface area contributed by atoms with Crippen molar-refractivity contribution in [2.24, 2.45) is 0 Å². The lowest BCUT2D eigenvalue weighted by Gasteiger charge is -2.06. The number of aromatic nitrogens is 1. The smallest absolute Gasteiger partial charge is 0.250 e. The summed E-state index contributed by atoms with van der Waals surface area (Å²) in [6.07, 6.45) is 3.21. The minimum Gasteiger partial charge on any atom is -0.436 e. The van der Waals surface area contributed by atoms with Gasteiger partial charge in [0, 0.05) is 17.9 Å². The molecule has 0 saturated carbocycles. The Morgan fingerprint density at radius 2 is 2.04 bits per heavy atom. The molecule has 3 rings (SSSR count). The second-order valence-corrected chi connectivity index (χ2v) is 6.20. The average molecular weight is 363 g/mol. The van der Waals surface area contributed by atoms with Gasteiger partial charge in [0.05, 0.1) is 11.6 Å². The van der Waals surface area contributed by atoms with E-state index < -0.39 is 0 Å². The summed E-state index contributed by atoms with van der Waals surface area (Å²) in [7, 11) is 0. The monoisotopic (exact) mass is 363 g/mol. The van der Waals surface area contributed by atoms with Crippen LogP contribution in [0.1, 0.15) is 31.7 Å². The van der Waals surface area contributed by atoms with Crippen molar-refractivity contribution < 1.29 is 13.9 Å². The molecule has 1 aromatic heterocycles. The molecule has 0 unspecified atom stereocenters. The summed E-state index contributed by atoms with van der Waals surface area (Å²) in [5.41, 5.74) is 3.28. The fourth-order valence-electron chi connectivity index (χ4n) is 2.63. The lowest BCUT2D eigenvalue weighted by atomic mass is 10.2. The summed E-state index contributed by atoms with van der Waals surface area (Å²) in [5, 5.41) is 11.8. The molecule has 0 aliphatic rings. The highest BCUT2D eigenvalue weighted by molar-refractivity contribution is 5.92. The Labute approximate surface area is 157 Å². The van der Waals surface area contributed by atoms with Crippen molar-refractivity contribution in [3.05, 3.63) is 48.0 Å². The number of nitrogens with zero attached hydrogens (tertiary/aromatic N) is 2. The average Bonchev–Trinajstić information content (AvgIpc) is 3.11. The third-order valence-electron chi connectivity index (χ3n) is 4.06. The first-order valence-corrected chi connectivity index (χ1v) is 8.98. The van der Waals surface area contributed by atoms with Crippen molar-refractivity contribution >= 4 is 22.7 Å². The highest BCUT2D eigenvalue weighted by atomic mass is 16.5. The van der Waals surface area contributed by atoms with Crippen molar-refractivity contribution in [2.75, 3.05) is 18.5 Å². The standard InChI is InChI=1S/C21H21N3O3/c1-2-3-4-11-26-14-20(25)23-17-8-6-16(7-9-17)21-24-18-12-15(13-22)5-10-19(18)27-21/h5-10,12H,2-4,11,14H2,1H3,(H,23,25). The number of hydrogen-bond donors (Lipinski definition) is 1. The van der Waals surface area contributed by atoms with E-state index >= 15 is 0 Å². The minimum atomic E-state index is -0.176. The second-order valence-electron chi connectivity index (χ2n) is 6.20. The van der Waals surface area contributed by atoms with Gasteiger partial charge in [0.2, 0.25) is 11.8 Å². The first kappa shape index (κ1) is 18.6. The number of anilines is 1. The molecule has 0 fully saturated rings. The molecule has 0 aliphatic carbocycles. The van der Waals surface area contributed by atoms with Crippen LogP contribution >= 0.6 is 0 Å². The Morgan fingerprint density at radius 1 is 1.22 bits per heavy atom. The van der Waals surface area contributed by atoms with E-state index in [4.69, 9.17) is 14.4 Å². The molecule has 2 aromatic carbocycles. The van der Waals surface area contributed by atoms with Crippen molar-refractivity contribution in [2.45, 2.75) is 26.2 Å². The molecule has 27 heavy (non-hydrogen) atoms. The fourth-order valence-corrected chi connectivity index (χ4v) is 2.63. The summed E-state index contributed by atoms with van der Waals surface area (Å²) in [5.74, 6) is 0.294. The highest BCUT2D eigenvalue weighted by Crippen LogP contribution is 2.25. The fraction of sp³-hybridized carbons (Fsp3) is 0.286. The molecule has 1 heterocycles. The number of nitriles is 1. The number of carbonyl (C=O) groups is 1. The van der Waals surface area contributed by atoms with Gasteiger partial charge in [-0.1, -0.05) is 19.8 Å². The van der Waals surface area contributed by atoms with Crippen molar-refractivity contribution in [1.82, 2.24) is 4.98 Å². The third-order valence-corrected chi connectivity index (χ3v) is 4.06. The predicted molar refractivity (Wildman–Crippen MR) is 103 cm³/mol. The summed E-state index contributed by atoms with van der Waals surface area (Å²) in [6, 6.07) is 14.4. The van der Waals surface area contributed by atoms with E-state index in [1.165, 1.54) is 0 Å². The number of amides is 1. The van der Waals surface area contributed by atoms with E-state index in [9.17, 15) is 4.79 Å². The van der Waals surface area contributed by atoms with Crippen molar-refractivity contribution in [1.29, 1.82) is 5.26 Å². The Hall–Kier alpha value is -3.17. The number of benzene rings is 2. The van der Waals surface area contributed by atoms with Crippen LogP contribution in [0.15, 0.2) is 46.9 Å². The summed E-state index contributed by atoms with van der Waals surface area (Å²) >= 11 is 0. The first-order chi connectivity index (χ1) is 13.2. The maximum atomic E-state index is 11.9. The number of hydrogen-bond acceptors (Lipinski definition) is 5. The molecule has 0 saturated heterocycles. The Balaban J connectivity index is 1.60. The molecule has 0 atom stereocenters. The first-order valence-electron chi connectivity index (χ1n) is 8.98. The van der Waals surface area contributed by atoms with Gasteiger partial charge < -0.3 is 14.5 Å². The molecule has 6 heteroatoms. The molecular formula is C21H21N3O3. The van der Waals surface area contributed by atoms with Gasteiger partial charge >= 0.3 is 0 Å². The van der Waals surface area contributed by atoms with Gasteiger partial charge in [0.25, 0.3) is 0 Å². The highest BCUT2D eigenvalue weighted by Gasteiger charge is 2.09. The van der Waals surface area contributed by atoms with Crippen LogP contribution in [0.25, 0.3) is 22.6 Å². The molecule has 138 valence electrons. The second kappa shape index (κ2) is 8.97. The summed E-state index contributed by atoms with van der Waals surface area (Å²) < 4.78 is 11.1. The lowest BCUT2D eigenvalue weighted by Crippen LogP contribution is -2.18. The normalized spacial score (nSPS) is 10.7. The maximum Gasteiger partial charge on any atom is 0.250 e. The van der Waals surface area contributed by atoms with Crippen molar-refractivity contribution in [3.8, 4) is 17.5 Å². The molecule has 1 N–H and O–H groups in total. The molecule has 0 aliphatic heterocycles. The van der Waals surface area contributed by atoms with Gasteiger partial charge in [-0.15, -0.1) is 0 Å². The zero-order valence-corrected chi connectivity index (χ0v) is 15.2. The SMILES string of the molecule is CCCCCOCC(=O)Nc1ccc(-c2nc3cc(C#N)ccc3o2)cc1. The van der Waals surface area contributed by atoms with Crippen LogP contribution in [-0.4, -0.2) is 24.1 Å². The number of rotatable bonds is 8. The number of nitrogens with one attached hydrogen (secondary N) is 1. The topological polar surface area (TPSA) is 88.1 Å². The van der Waals surface area contributed by atoms with Gasteiger partial charge in [-0.3, -0.25) is 4.79 Å². The number of carbonyl (C=O) groups excluding carboxylic acids is 1. The van der Waals surface area contributed by atoms with E-state index in [0.29, 0.717) is 34.8 Å². The van der Waals surface area contributed by atoms with E-state index in [0.717, 1.165) is 24.8 Å². The molecule has 6 nitrogen and oxygen atoms in total. The van der Waals surface area contributed by atoms with E-state index in [2.05, 4.69) is 23.3 Å². The molecule has 0 spiro atoms. The van der Waals surface area contributed by atoms with Crippen LogP contribution in [-0.2, 0) is 9.53 Å². The lowest BCUT2D eigenvalue weighted by molar-refractivity contribution is -0.120. The third kappa shape index (κ3) is 4.93. The van der Waals surface area contributed by atoms with Gasteiger partial charge in [-0.2, -0.15) is 5.26 Å². The van der Waals surface area contributed by atoms with Crippen LogP contribution in [0, 0.1) is 11.3 Å². The number of ether oxygens (including phenoxy) is 1. The molecule has 1 amide bonds. The maximum absolute atomic E-state index is 11.9. The molecule has 0 bridgehead atoms. The van der Waals surface area contributed by atoms with Crippen LogP contribution in [0.2, 0.25) is 0 Å². The van der Waals surface area contributed by atoms with Crippen LogP contribution in [0.4, 0.5) is 5.69 Å². The summed E-state index contributed by atoms with van der Waals surface area (Å²) in [4.78, 5) is 16.3. The number of oxazole rings is 1. The van der Waals surface area contributed by atoms with E-state index in [-0.39, 0.29) is 12.5 Å². The number of fused-ring (bicyclic) bond motifs is 1. The van der Waals surface area contributed by atoms with Crippen LogP contribution in [0.3, 0.4) is 0 Å². The van der Waals surface area contributed by atoms with Crippen LogP contribution < -0.4 is 5.32 Å². The molecule has 0 radical (unpaired) electrons. The minimum absolute atomic E-state index is 0.0534. The van der Waals surface area contributed by atoms with Gasteiger partial charge in [0.15, 0.2) is 5.58 Å². The van der Waals surface area contributed by atoms with E-state index in [1.54, 1.807) is 30.3 Å². The Bertz CT molecular complexity index is 955. The molecule has 3 aromatic rings. The van der Waals surface area contributed by atoms with Gasteiger partial charge in [-0.25, -0.2) is 4.98 Å². The van der Waals surface area contributed by atoms with E-state index in [1.807, 2.05) is 12.1 Å². The van der Waals surface area contributed by atoms with Gasteiger partial charge in [0.1, 0.15) is 12.1 Å². The summed E-state index contributed by atoms with van der Waals surface area (Å²) in [6.45, 7) is 2.78.